The number of likely N-dealkylation sites (tertiary alicyclic amines) is 1. The Kier molecular flexibility index (Phi) is 10.4. The van der Waals surface area contributed by atoms with E-state index in [1.165, 1.54) is 36.9 Å². The Labute approximate surface area is 203 Å². The molecule has 0 aliphatic carbocycles. The van der Waals surface area contributed by atoms with Crippen molar-refractivity contribution in [3.05, 3.63) is 59.2 Å². The van der Waals surface area contributed by atoms with Crippen LogP contribution in [-0.2, 0) is 19.6 Å². The summed E-state index contributed by atoms with van der Waals surface area (Å²) < 4.78 is 10.6. The van der Waals surface area contributed by atoms with E-state index in [2.05, 4.69) is 46.4 Å². The topological polar surface area (TPSA) is 72.1 Å². The van der Waals surface area contributed by atoms with Crippen molar-refractivity contribution in [1.82, 2.24) is 10.2 Å². The van der Waals surface area contributed by atoms with Crippen molar-refractivity contribution in [3.8, 4) is 11.5 Å². The molecule has 0 radical (unpaired) electrons. The molecule has 0 spiro atoms. The molecule has 1 atom stereocenters. The molecule has 0 aromatic heterocycles. The number of aliphatic imine (C=N–C) groups is 1. The molecule has 0 bridgehead atoms. The predicted molar refractivity (Wildman–Crippen MR) is 137 cm³/mol. The zero-order valence-electron chi connectivity index (χ0n) is 18.8. The third-order valence-electron chi connectivity index (χ3n) is 5.70. The van der Waals surface area contributed by atoms with Crippen LogP contribution in [0.4, 0.5) is 0 Å². The Bertz CT molecular complexity index is 842. The molecular weight excluding hydrogens is 503 g/mol. The van der Waals surface area contributed by atoms with Gasteiger partial charge >= 0.3 is 0 Å². The van der Waals surface area contributed by atoms with E-state index in [-0.39, 0.29) is 24.0 Å². The highest BCUT2D eigenvalue weighted by Gasteiger charge is 2.17. The maximum absolute atomic E-state index is 6.04. The first-order chi connectivity index (χ1) is 14.6. The van der Waals surface area contributed by atoms with Crippen LogP contribution in [0.25, 0.3) is 0 Å². The minimum Gasteiger partial charge on any atom is -0.493 e. The van der Waals surface area contributed by atoms with Crippen molar-refractivity contribution in [1.29, 1.82) is 0 Å². The highest BCUT2D eigenvalue weighted by Crippen LogP contribution is 2.27. The number of halogens is 1. The Morgan fingerprint density at radius 3 is 2.39 bits per heavy atom. The van der Waals surface area contributed by atoms with Crippen molar-refractivity contribution in [2.75, 3.05) is 20.8 Å². The molecule has 2 aromatic rings. The lowest BCUT2D eigenvalue weighted by Gasteiger charge is -2.33. The van der Waals surface area contributed by atoms with Crippen molar-refractivity contribution in [3.63, 3.8) is 0 Å². The molecule has 0 saturated carbocycles. The van der Waals surface area contributed by atoms with Crippen LogP contribution in [-0.4, -0.2) is 37.7 Å². The van der Waals surface area contributed by atoms with Gasteiger partial charge in [0, 0.05) is 19.1 Å². The van der Waals surface area contributed by atoms with Gasteiger partial charge in [0.2, 0.25) is 0 Å². The van der Waals surface area contributed by atoms with Crippen LogP contribution in [0, 0.1) is 0 Å². The molecule has 0 amide bonds. The molecule has 1 fully saturated rings. The molecule has 6 nitrogen and oxygen atoms in total. The molecule has 7 heteroatoms. The summed E-state index contributed by atoms with van der Waals surface area (Å²) in [6, 6.07) is 15.2. The van der Waals surface area contributed by atoms with Gasteiger partial charge in [0.1, 0.15) is 0 Å². The van der Waals surface area contributed by atoms with Gasteiger partial charge in [0.05, 0.1) is 20.8 Å². The molecule has 1 unspecified atom stereocenters. The summed E-state index contributed by atoms with van der Waals surface area (Å²) in [6.07, 6.45) is 3.98. The minimum absolute atomic E-state index is 0. The Balaban J connectivity index is 0.00000341. The number of hydrogen-bond donors (Lipinski definition) is 2. The summed E-state index contributed by atoms with van der Waals surface area (Å²) in [5, 5.41) is 3.19. The molecular formula is C24H35IN4O2. The molecule has 1 saturated heterocycles. The van der Waals surface area contributed by atoms with E-state index in [0.717, 1.165) is 12.1 Å². The van der Waals surface area contributed by atoms with Crippen molar-refractivity contribution in [2.45, 2.75) is 51.9 Å². The maximum Gasteiger partial charge on any atom is 0.189 e. The zero-order chi connectivity index (χ0) is 21.3. The average molecular weight is 538 g/mol. The van der Waals surface area contributed by atoms with Crippen LogP contribution >= 0.6 is 24.0 Å². The fourth-order valence-electron chi connectivity index (χ4n) is 3.79. The number of guanidine groups is 1. The van der Waals surface area contributed by atoms with Gasteiger partial charge in [0.25, 0.3) is 0 Å². The van der Waals surface area contributed by atoms with E-state index in [9.17, 15) is 0 Å². The lowest BCUT2D eigenvalue weighted by Crippen LogP contribution is -2.36. The number of nitrogens with two attached hydrogens (primary N) is 1. The number of hydrogen-bond acceptors (Lipinski definition) is 4. The van der Waals surface area contributed by atoms with E-state index in [4.69, 9.17) is 15.2 Å². The SMILES string of the molecule is COc1ccc(CN=C(N)NCc2ccc(CN3CCCCC3C)cc2)cc1OC.I. The fraction of sp³-hybridized carbons (Fsp3) is 0.458. The number of piperidine rings is 1. The molecule has 1 heterocycles. The first kappa shape index (κ1) is 25.3. The van der Waals surface area contributed by atoms with Crippen LogP contribution < -0.4 is 20.5 Å². The van der Waals surface area contributed by atoms with E-state index >= 15 is 0 Å². The first-order valence-electron chi connectivity index (χ1n) is 10.7. The standard InChI is InChI=1S/C24H34N4O2.HI/c1-18-6-4-5-13-28(18)17-20-9-7-19(8-10-20)15-26-24(25)27-16-21-11-12-22(29-2)23(14-21)30-3;/h7-12,14,18H,4-6,13,15-17H2,1-3H3,(H3,25,26,27);1H. The molecule has 3 rings (SSSR count). The van der Waals surface area contributed by atoms with Gasteiger partial charge in [-0.25, -0.2) is 4.99 Å². The smallest absolute Gasteiger partial charge is 0.189 e. The van der Waals surface area contributed by atoms with Crippen LogP contribution in [0.5, 0.6) is 11.5 Å². The molecule has 1 aliphatic heterocycles. The lowest BCUT2D eigenvalue weighted by atomic mass is 10.0. The van der Waals surface area contributed by atoms with Gasteiger partial charge in [-0.2, -0.15) is 0 Å². The van der Waals surface area contributed by atoms with Crippen molar-refractivity contribution < 1.29 is 9.47 Å². The third kappa shape index (κ3) is 7.57. The van der Waals surface area contributed by atoms with E-state index in [0.29, 0.717) is 36.6 Å². The monoisotopic (exact) mass is 538 g/mol. The third-order valence-corrected chi connectivity index (χ3v) is 5.70. The number of rotatable bonds is 8. The summed E-state index contributed by atoms with van der Waals surface area (Å²) >= 11 is 0. The molecule has 3 N–H and O–H groups in total. The molecule has 170 valence electrons. The predicted octanol–water partition coefficient (Wildman–Crippen LogP) is 4.30. The summed E-state index contributed by atoms with van der Waals surface area (Å²) in [5.74, 6) is 1.82. The normalized spacial score (nSPS) is 17.0. The number of benzene rings is 2. The fourth-order valence-corrected chi connectivity index (χ4v) is 3.79. The number of methoxy groups -OCH3 is 2. The Morgan fingerprint density at radius 2 is 1.71 bits per heavy atom. The number of nitrogens with zero attached hydrogens (tertiary/aromatic N) is 2. The summed E-state index contributed by atoms with van der Waals surface area (Å²) in [7, 11) is 3.25. The molecule has 2 aromatic carbocycles. The number of nitrogens with one attached hydrogen (secondary N) is 1. The van der Waals surface area contributed by atoms with Gasteiger partial charge in [-0.15, -0.1) is 24.0 Å². The summed E-state index contributed by atoms with van der Waals surface area (Å²) in [4.78, 5) is 7.00. The van der Waals surface area contributed by atoms with Crippen LogP contribution in [0.2, 0.25) is 0 Å². The quantitative estimate of drug-likeness (QED) is 0.298. The Hall–Kier alpha value is -2.00. The molecule has 31 heavy (non-hydrogen) atoms. The number of ether oxygens (including phenoxy) is 2. The minimum atomic E-state index is 0. The van der Waals surface area contributed by atoms with Crippen LogP contribution in [0.15, 0.2) is 47.5 Å². The highest BCUT2D eigenvalue weighted by molar-refractivity contribution is 14.0. The summed E-state index contributed by atoms with van der Waals surface area (Å²) in [6.45, 7) is 5.71. The van der Waals surface area contributed by atoms with Gasteiger partial charge in [-0.05, 0) is 55.1 Å². The van der Waals surface area contributed by atoms with Gasteiger partial charge in [0.15, 0.2) is 17.5 Å². The van der Waals surface area contributed by atoms with Gasteiger partial charge in [-0.3, -0.25) is 4.90 Å². The van der Waals surface area contributed by atoms with E-state index in [1.807, 2.05) is 18.2 Å². The van der Waals surface area contributed by atoms with Gasteiger partial charge in [-0.1, -0.05) is 36.8 Å². The lowest BCUT2D eigenvalue weighted by molar-refractivity contribution is 0.152. The summed E-state index contributed by atoms with van der Waals surface area (Å²) in [5.41, 5.74) is 9.60. The van der Waals surface area contributed by atoms with E-state index in [1.54, 1.807) is 14.2 Å². The highest BCUT2D eigenvalue weighted by atomic mass is 127. The largest absolute Gasteiger partial charge is 0.493 e. The first-order valence-corrected chi connectivity index (χ1v) is 10.7. The van der Waals surface area contributed by atoms with E-state index < -0.39 is 0 Å². The van der Waals surface area contributed by atoms with Crippen molar-refractivity contribution >= 4 is 29.9 Å². The van der Waals surface area contributed by atoms with Crippen LogP contribution in [0.1, 0.15) is 42.9 Å². The second-order valence-corrected chi connectivity index (χ2v) is 7.88. The average Bonchev–Trinajstić information content (AvgIpc) is 2.78. The maximum atomic E-state index is 6.04. The van der Waals surface area contributed by atoms with Gasteiger partial charge < -0.3 is 20.5 Å². The molecule has 1 aliphatic rings. The van der Waals surface area contributed by atoms with Crippen LogP contribution in [0.3, 0.4) is 0 Å². The van der Waals surface area contributed by atoms with Crippen molar-refractivity contribution in [2.24, 2.45) is 10.7 Å². The zero-order valence-corrected chi connectivity index (χ0v) is 21.1. The second-order valence-electron chi connectivity index (χ2n) is 7.88. The Morgan fingerprint density at radius 1 is 1.03 bits per heavy atom. The second kappa shape index (κ2) is 12.8.